The van der Waals surface area contributed by atoms with Crippen LogP contribution < -0.4 is 14.4 Å². The van der Waals surface area contributed by atoms with E-state index in [4.69, 9.17) is 4.74 Å². The quantitative estimate of drug-likeness (QED) is 0.315. The lowest BCUT2D eigenvalue weighted by Gasteiger charge is -2.26. The van der Waals surface area contributed by atoms with E-state index < -0.39 is 10.0 Å². The standard InChI is InChI=1S/C27H31BrN2O4S/c1-4-34-24-14-12-23(13-15-24)30(35(32,33)25-16-10-22(28)11-17-25)19-27(31)29-26(18-20(2)3)21-8-6-5-7-9-21/h5-17,20,26H,4,18-19H2,1-3H3,(H,29,31)/t26-/m0/s1. The van der Waals surface area contributed by atoms with E-state index in [0.717, 1.165) is 20.8 Å². The van der Waals surface area contributed by atoms with E-state index in [2.05, 4.69) is 35.1 Å². The van der Waals surface area contributed by atoms with E-state index in [0.29, 0.717) is 24.0 Å². The fourth-order valence-electron chi connectivity index (χ4n) is 3.73. The number of hydrogen-bond acceptors (Lipinski definition) is 4. The van der Waals surface area contributed by atoms with Crippen LogP contribution in [0.4, 0.5) is 5.69 Å². The van der Waals surface area contributed by atoms with Crippen molar-refractivity contribution in [2.45, 2.75) is 38.1 Å². The molecule has 0 heterocycles. The molecule has 1 N–H and O–H groups in total. The molecule has 0 saturated heterocycles. The van der Waals surface area contributed by atoms with Crippen LogP contribution in [0.15, 0.2) is 88.2 Å². The van der Waals surface area contributed by atoms with Gasteiger partial charge in [-0.15, -0.1) is 0 Å². The summed E-state index contributed by atoms with van der Waals surface area (Å²) in [6.07, 6.45) is 0.734. The van der Waals surface area contributed by atoms with Gasteiger partial charge in [-0.05, 0) is 73.4 Å². The second kappa shape index (κ2) is 12.2. The molecule has 0 spiro atoms. The van der Waals surface area contributed by atoms with E-state index in [9.17, 15) is 13.2 Å². The van der Waals surface area contributed by atoms with Gasteiger partial charge < -0.3 is 10.1 Å². The first-order chi connectivity index (χ1) is 16.7. The van der Waals surface area contributed by atoms with Crippen LogP contribution in [0.2, 0.25) is 0 Å². The Bertz CT molecular complexity index is 1200. The van der Waals surface area contributed by atoms with Crippen LogP contribution in [-0.4, -0.2) is 27.5 Å². The zero-order chi connectivity index (χ0) is 25.4. The summed E-state index contributed by atoms with van der Waals surface area (Å²) in [5.41, 5.74) is 1.37. The average Bonchev–Trinajstić information content (AvgIpc) is 2.83. The molecular formula is C27H31BrN2O4S. The van der Waals surface area contributed by atoms with Crippen molar-refractivity contribution in [1.82, 2.24) is 5.32 Å². The summed E-state index contributed by atoms with van der Waals surface area (Å²) >= 11 is 3.34. The molecule has 0 bridgehead atoms. The highest BCUT2D eigenvalue weighted by molar-refractivity contribution is 9.10. The second-order valence-electron chi connectivity index (χ2n) is 8.55. The SMILES string of the molecule is CCOc1ccc(N(CC(=O)N[C@@H](CC(C)C)c2ccccc2)S(=O)(=O)c2ccc(Br)cc2)cc1. The Labute approximate surface area is 216 Å². The van der Waals surface area contributed by atoms with Gasteiger partial charge in [0.15, 0.2) is 0 Å². The number of nitrogens with zero attached hydrogens (tertiary/aromatic N) is 1. The molecule has 35 heavy (non-hydrogen) atoms. The molecule has 0 fully saturated rings. The Hall–Kier alpha value is -2.84. The van der Waals surface area contributed by atoms with Gasteiger partial charge in [-0.3, -0.25) is 9.10 Å². The number of halogens is 1. The number of hydrogen-bond donors (Lipinski definition) is 1. The molecule has 1 atom stereocenters. The lowest BCUT2D eigenvalue weighted by Crippen LogP contribution is -2.42. The van der Waals surface area contributed by atoms with Gasteiger partial charge >= 0.3 is 0 Å². The van der Waals surface area contributed by atoms with Crippen molar-refractivity contribution in [1.29, 1.82) is 0 Å². The van der Waals surface area contributed by atoms with Gasteiger partial charge in [0.05, 0.1) is 23.2 Å². The summed E-state index contributed by atoms with van der Waals surface area (Å²) in [5.74, 6) is 0.589. The third-order valence-electron chi connectivity index (χ3n) is 5.37. The van der Waals surface area contributed by atoms with Crippen molar-refractivity contribution in [3.05, 3.63) is 88.9 Å². The molecule has 0 aromatic heterocycles. The van der Waals surface area contributed by atoms with Gasteiger partial charge in [-0.2, -0.15) is 0 Å². The molecule has 3 aromatic rings. The average molecular weight is 560 g/mol. The zero-order valence-corrected chi connectivity index (χ0v) is 22.6. The molecule has 8 heteroatoms. The van der Waals surface area contributed by atoms with Gasteiger partial charge in [0.1, 0.15) is 12.3 Å². The Morgan fingerprint density at radius 3 is 2.17 bits per heavy atom. The van der Waals surface area contributed by atoms with Crippen molar-refractivity contribution in [3.63, 3.8) is 0 Å². The van der Waals surface area contributed by atoms with Crippen LogP contribution in [0, 0.1) is 5.92 Å². The van der Waals surface area contributed by atoms with Crippen molar-refractivity contribution in [2.75, 3.05) is 17.5 Å². The highest BCUT2D eigenvalue weighted by Crippen LogP contribution is 2.27. The summed E-state index contributed by atoms with van der Waals surface area (Å²) in [5, 5.41) is 3.05. The molecule has 6 nitrogen and oxygen atoms in total. The van der Waals surface area contributed by atoms with E-state index in [1.165, 1.54) is 12.1 Å². The normalized spacial score (nSPS) is 12.3. The van der Waals surface area contributed by atoms with E-state index in [1.54, 1.807) is 36.4 Å². The number of amides is 1. The van der Waals surface area contributed by atoms with E-state index in [-0.39, 0.29) is 23.4 Å². The Kier molecular flexibility index (Phi) is 9.34. The molecular weight excluding hydrogens is 528 g/mol. The summed E-state index contributed by atoms with van der Waals surface area (Å²) < 4.78 is 34.6. The minimum atomic E-state index is -4.00. The van der Waals surface area contributed by atoms with Crippen LogP contribution in [0.3, 0.4) is 0 Å². The number of anilines is 1. The lowest BCUT2D eigenvalue weighted by molar-refractivity contribution is -0.120. The number of rotatable bonds is 11. The topological polar surface area (TPSA) is 75.7 Å². The van der Waals surface area contributed by atoms with Crippen LogP contribution in [0.25, 0.3) is 0 Å². The summed E-state index contributed by atoms with van der Waals surface area (Å²) in [6.45, 7) is 6.20. The second-order valence-corrected chi connectivity index (χ2v) is 11.3. The monoisotopic (exact) mass is 558 g/mol. The van der Waals surface area contributed by atoms with Crippen LogP contribution in [-0.2, 0) is 14.8 Å². The molecule has 1 amide bonds. The van der Waals surface area contributed by atoms with Crippen molar-refractivity contribution in [2.24, 2.45) is 5.92 Å². The zero-order valence-electron chi connectivity index (χ0n) is 20.1. The highest BCUT2D eigenvalue weighted by atomic mass is 79.9. The Morgan fingerprint density at radius 2 is 1.60 bits per heavy atom. The van der Waals surface area contributed by atoms with Crippen molar-refractivity contribution in [3.8, 4) is 5.75 Å². The molecule has 3 rings (SSSR count). The molecule has 0 radical (unpaired) electrons. The number of sulfonamides is 1. The van der Waals surface area contributed by atoms with Crippen LogP contribution >= 0.6 is 15.9 Å². The largest absolute Gasteiger partial charge is 0.494 e. The van der Waals surface area contributed by atoms with Crippen LogP contribution in [0.5, 0.6) is 5.75 Å². The first-order valence-electron chi connectivity index (χ1n) is 11.6. The smallest absolute Gasteiger partial charge is 0.264 e. The minimum Gasteiger partial charge on any atom is -0.494 e. The number of nitrogens with one attached hydrogen (secondary N) is 1. The Morgan fingerprint density at radius 1 is 0.971 bits per heavy atom. The molecule has 3 aromatic carbocycles. The van der Waals surface area contributed by atoms with Crippen molar-refractivity contribution >= 4 is 37.5 Å². The van der Waals surface area contributed by atoms with Gasteiger partial charge in [-0.1, -0.05) is 60.1 Å². The van der Waals surface area contributed by atoms with Gasteiger partial charge in [0.2, 0.25) is 5.91 Å². The first kappa shape index (κ1) is 26.8. The number of ether oxygens (including phenoxy) is 1. The number of carbonyl (C=O) groups is 1. The summed E-state index contributed by atoms with van der Waals surface area (Å²) in [4.78, 5) is 13.3. The summed E-state index contributed by atoms with van der Waals surface area (Å²) in [7, 11) is -4.00. The molecule has 0 aliphatic rings. The van der Waals surface area contributed by atoms with E-state index >= 15 is 0 Å². The minimum absolute atomic E-state index is 0.101. The highest BCUT2D eigenvalue weighted by Gasteiger charge is 2.28. The van der Waals surface area contributed by atoms with Gasteiger partial charge in [-0.25, -0.2) is 8.42 Å². The molecule has 0 aliphatic heterocycles. The van der Waals surface area contributed by atoms with Gasteiger partial charge in [0.25, 0.3) is 10.0 Å². The molecule has 0 unspecified atom stereocenters. The lowest BCUT2D eigenvalue weighted by atomic mass is 9.97. The predicted octanol–water partition coefficient (Wildman–Crippen LogP) is 5.95. The predicted molar refractivity (Wildman–Crippen MR) is 143 cm³/mol. The number of benzene rings is 3. The van der Waals surface area contributed by atoms with Crippen LogP contribution in [0.1, 0.15) is 38.8 Å². The summed E-state index contributed by atoms with van der Waals surface area (Å²) in [6, 6.07) is 22.6. The molecule has 186 valence electrons. The third kappa shape index (κ3) is 7.32. The van der Waals surface area contributed by atoms with Gasteiger partial charge in [0, 0.05) is 4.47 Å². The van der Waals surface area contributed by atoms with E-state index in [1.807, 2.05) is 37.3 Å². The Balaban J connectivity index is 1.92. The fraction of sp³-hybridized carbons (Fsp3) is 0.296. The first-order valence-corrected chi connectivity index (χ1v) is 13.8. The number of carbonyl (C=O) groups excluding carboxylic acids is 1. The fourth-order valence-corrected chi connectivity index (χ4v) is 5.41. The molecule has 0 aliphatic carbocycles. The third-order valence-corrected chi connectivity index (χ3v) is 7.69. The molecule has 0 saturated carbocycles. The van der Waals surface area contributed by atoms with Crippen molar-refractivity contribution < 1.29 is 17.9 Å². The maximum atomic E-state index is 13.6. The maximum absolute atomic E-state index is 13.6. The maximum Gasteiger partial charge on any atom is 0.264 e.